The molecule has 0 aromatic carbocycles. The van der Waals surface area contributed by atoms with Crippen LogP contribution < -0.4 is 5.73 Å². The Hall–Kier alpha value is -0.570. The maximum Gasteiger partial charge on any atom is 0.217 e. The second-order valence-electron chi connectivity index (χ2n) is 7.68. The number of carbonyl (C=O) groups excluding carboxylic acids is 1. The van der Waals surface area contributed by atoms with Crippen LogP contribution in [0.2, 0.25) is 0 Å². The van der Waals surface area contributed by atoms with Gasteiger partial charge in [0.25, 0.3) is 0 Å². The van der Waals surface area contributed by atoms with Crippen LogP contribution in [0.15, 0.2) is 0 Å². The SMILES string of the molecule is CN(C)CCCCCCCCCCCCCCCCCCC(N)=O. The Morgan fingerprint density at radius 3 is 1.17 bits per heavy atom. The molecule has 2 N–H and O–H groups in total. The summed E-state index contributed by atoms with van der Waals surface area (Å²) in [5.41, 5.74) is 5.13. The molecule has 0 aliphatic carbocycles. The van der Waals surface area contributed by atoms with Gasteiger partial charge in [0.15, 0.2) is 0 Å². The first-order valence-corrected chi connectivity index (χ1v) is 10.6. The Morgan fingerprint density at radius 2 is 0.875 bits per heavy atom. The van der Waals surface area contributed by atoms with Gasteiger partial charge in [0.1, 0.15) is 0 Å². The van der Waals surface area contributed by atoms with Gasteiger partial charge in [0.2, 0.25) is 5.91 Å². The molecule has 0 atom stereocenters. The van der Waals surface area contributed by atoms with Crippen LogP contribution in [0.4, 0.5) is 0 Å². The van der Waals surface area contributed by atoms with Crippen molar-refractivity contribution >= 4 is 5.91 Å². The number of carbonyl (C=O) groups is 1. The summed E-state index contributed by atoms with van der Waals surface area (Å²) in [5, 5.41) is 0. The smallest absolute Gasteiger partial charge is 0.217 e. The predicted molar refractivity (Wildman–Crippen MR) is 106 cm³/mol. The quantitative estimate of drug-likeness (QED) is 0.308. The van der Waals surface area contributed by atoms with E-state index in [9.17, 15) is 4.79 Å². The Balaban J connectivity index is 2.99. The molecule has 0 rings (SSSR count). The van der Waals surface area contributed by atoms with Crippen LogP contribution in [0.5, 0.6) is 0 Å². The predicted octanol–water partition coefficient (Wildman–Crippen LogP) is 5.67. The molecule has 0 heterocycles. The van der Waals surface area contributed by atoms with Crippen molar-refractivity contribution in [1.29, 1.82) is 0 Å². The van der Waals surface area contributed by atoms with Crippen molar-refractivity contribution in [3.05, 3.63) is 0 Å². The zero-order valence-electron chi connectivity index (χ0n) is 16.7. The molecule has 24 heavy (non-hydrogen) atoms. The minimum absolute atomic E-state index is 0.153. The van der Waals surface area contributed by atoms with E-state index in [2.05, 4.69) is 19.0 Å². The lowest BCUT2D eigenvalue weighted by molar-refractivity contribution is -0.118. The number of amides is 1. The van der Waals surface area contributed by atoms with Crippen molar-refractivity contribution in [3.8, 4) is 0 Å². The molecule has 0 aliphatic rings. The number of nitrogens with zero attached hydrogens (tertiary/aromatic N) is 1. The third-order valence-corrected chi connectivity index (χ3v) is 4.78. The first kappa shape index (κ1) is 23.4. The standard InChI is InChI=1S/C21H44N2O/c1-23(2)20-18-16-14-12-10-8-6-4-3-5-7-9-11-13-15-17-19-21(22)24/h3-20H2,1-2H3,(H2,22,24). The summed E-state index contributed by atoms with van der Waals surface area (Å²) < 4.78 is 0. The average Bonchev–Trinajstić information content (AvgIpc) is 2.53. The average molecular weight is 341 g/mol. The van der Waals surface area contributed by atoms with Gasteiger partial charge in [-0.3, -0.25) is 4.79 Å². The molecule has 0 saturated heterocycles. The van der Waals surface area contributed by atoms with Gasteiger partial charge in [0.05, 0.1) is 0 Å². The Bertz CT molecular complexity index is 267. The number of nitrogens with two attached hydrogens (primary N) is 1. The van der Waals surface area contributed by atoms with E-state index in [1.54, 1.807) is 0 Å². The van der Waals surface area contributed by atoms with Crippen LogP contribution in [0.25, 0.3) is 0 Å². The first-order chi connectivity index (χ1) is 11.6. The van der Waals surface area contributed by atoms with Gasteiger partial charge >= 0.3 is 0 Å². The van der Waals surface area contributed by atoms with Crippen LogP contribution >= 0.6 is 0 Å². The molecular formula is C21H44N2O. The third-order valence-electron chi connectivity index (χ3n) is 4.78. The molecule has 3 heteroatoms. The molecular weight excluding hydrogens is 296 g/mol. The van der Waals surface area contributed by atoms with Gasteiger partial charge in [-0.25, -0.2) is 0 Å². The molecule has 0 unspecified atom stereocenters. The van der Waals surface area contributed by atoms with E-state index in [4.69, 9.17) is 5.73 Å². The van der Waals surface area contributed by atoms with Gasteiger partial charge in [-0.1, -0.05) is 89.9 Å². The van der Waals surface area contributed by atoms with Gasteiger partial charge < -0.3 is 10.6 Å². The number of hydrogen-bond donors (Lipinski definition) is 1. The maximum atomic E-state index is 10.6. The Kier molecular flexibility index (Phi) is 18.3. The lowest BCUT2D eigenvalue weighted by atomic mass is 10.0. The van der Waals surface area contributed by atoms with Crippen molar-refractivity contribution in [2.45, 2.75) is 109 Å². The van der Waals surface area contributed by atoms with Crippen molar-refractivity contribution in [2.24, 2.45) is 5.73 Å². The molecule has 1 amide bonds. The van der Waals surface area contributed by atoms with Gasteiger partial charge in [-0.05, 0) is 33.5 Å². The van der Waals surface area contributed by atoms with E-state index >= 15 is 0 Å². The summed E-state index contributed by atoms with van der Waals surface area (Å²) in [6.45, 7) is 1.24. The minimum atomic E-state index is -0.153. The van der Waals surface area contributed by atoms with E-state index < -0.39 is 0 Å². The monoisotopic (exact) mass is 340 g/mol. The lowest BCUT2D eigenvalue weighted by Crippen LogP contribution is -2.12. The van der Waals surface area contributed by atoms with Crippen LogP contribution in [0, 0.1) is 0 Å². The van der Waals surface area contributed by atoms with Crippen LogP contribution in [-0.2, 0) is 4.79 Å². The largest absolute Gasteiger partial charge is 0.370 e. The number of unbranched alkanes of at least 4 members (excludes halogenated alkanes) is 15. The van der Waals surface area contributed by atoms with E-state index in [0.717, 1.165) is 12.8 Å². The highest BCUT2D eigenvalue weighted by Crippen LogP contribution is 2.14. The van der Waals surface area contributed by atoms with Crippen molar-refractivity contribution in [1.82, 2.24) is 4.90 Å². The second kappa shape index (κ2) is 18.8. The molecule has 0 saturated carbocycles. The number of rotatable bonds is 19. The molecule has 0 fully saturated rings. The van der Waals surface area contributed by atoms with E-state index in [-0.39, 0.29) is 5.91 Å². The highest BCUT2D eigenvalue weighted by Gasteiger charge is 1.96. The molecule has 0 bridgehead atoms. The van der Waals surface area contributed by atoms with Crippen molar-refractivity contribution < 1.29 is 4.79 Å². The number of primary amides is 1. The minimum Gasteiger partial charge on any atom is -0.370 e. The van der Waals surface area contributed by atoms with Crippen LogP contribution in [-0.4, -0.2) is 31.4 Å². The highest BCUT2D eigenvalue weighted by molar-refractivity contribution is 5.73. The molecule has 0 aliphatic heterocycles. The number of hydrogen-bond acceptors (Lipinski definition) is 2. The van der Waals surface area contributed by atoms with E-state index in [0.29, 0.717) is 6.42 Å². The topological polar surface area (TPSA) is 46.3 Å². The summed E-state index contributed by atoms with van der Waals surface area (Å²) in [6, 6.07) is 0. The molecule has 0 aromatic heterocycles. The summed E-state index contributed by atoms with van der Waals surface area (Å²) in [5.74, 6) is -0.153. The first-order valence-electron chi connectivity index (χ1n) is 10.6. The zero-order chi connectivity index (χ0) is 17.9. The molecule has 3 nitrogen and oxygen atoms in total. The van der Waals surface area contributed by atoms with Gasteiger partial charge in [-0.2, -0.15) is 0 Å². The molecule has 0 radical (unpaired) electrons. The van der Waals surface area contributed by atoms with Gasteiger partial charge in [0, 0.05) is 6.42 Å². The van der Waals surface area contributed by atoms with Crippen molar-refractivity contribution in [2.75, 3.05) is 20.6 Å². The normalized spacial score (nSPS) is 11.3. The van der Waals surface area contributed by atoms with Crippen LogP contribution in [0.1, 0.15) is 109 Å². The van der Waals surface area contributed by atoms with E-state index in [1.165, 1.54) is 96.4 Å². The second-order valence-corrected chi connectivity index (χ2v) is 7.68. The van der Waals surface area contributed by atoms with E-state index in [1.807, 2.05) is 0 Å². The fourth-order valence-corrected chi connectivity index (χ4v) is 3.20. The zero-order valence-corrected chi connectivity index (χ0v) is 16.7. The van der Waals surface area contributed by atoms with Gasteiger partial charge in [-0.15, -0.1) is 0 Å². The Morgan fingerprint density at radius 1 is 0.583 bits per heavy atom. The maximum absolute atomic E-state index is 10.6. The highest BCUT2D eigenvalue weighted by atomic mass is 16.1. The fraction of sp³-hybridized carbons (Fsp3) is 0.952. The molecule has 144 valence electrons. The fourth-order valence-electron chi connectivity index (χ4n) is 3.20. The van der Waals surface area contributed by atoms with Crippen LogP contribution in [0.3, 0.4) is 0 Å². The lowest BCUT2D eigenvalue weighted by Gasteiger charge is -2.08. The molecule has 0 aromatic rings. The summed E-state index contributed by atoms with van der Waals surface area (Å²) in [4.78, 5) is 12.9. The Labute approximate surface area is 151 Å². The third kappa shape index (κ3) is 21.4. The summed E-state index contributed by atoms with van der Waals surface area (Å²) in [6.07, 6.45) is 22.2. The summed E-state index contributed by atoms with van der Waals surface area (Å²) in [7, 11) is 4.32. The summed E-state index contributed by atoms with van der Waals surface area (Å²) >= 11 is 0. The van der Waals surface area contributed by atoms with Crippen molar-refractivity contribution in [3.63, 3.8) is 0 Å². The molecule has 0 spiro atoms.